The van der Waals surface area contributed by atoms with Gasteiger partial charge >= 0.3 is 17.9 Å². The van der Waals surface area contributed by atoms with Crippen molar-refractivity contribution in [2.45, 2.75) is 302 Å². The first-order chi connectivity index (χ1) is 36.1. The van der Waals surface area contributed by atoms with Gasteiger partial charge in [-0.15, -0.1) is 0 Å². The van der Waals surface area contributed by atoms with Gasteiger partial charge in [0.1, 0.15) is 13.2 Å². The lowest BCUT2D eigenvalue weighted by molar-refractivity contribution is -0.870. The predicted octanol–water partition coefficient (Wildman–Crippen LogP) is 18.6. The summed E-state index contributed by atoms with van der Waals surface area (Å²) < 4.78 is 22.9. The molecular formula is C65H120NO8+. The average molecular weight is 1040 g/mol. The lowest BCUT2D eigenvalue weighted by atomic mass is 10.0. The number of nitrogens with zero attached hydrogens (tertiary/aromatic N) is 1. The van der Waals surface area contributed by atoms with E-state index >= 15 is 0 Å². The molecule has 0 bridgehead atoms. The summed E-state index contributed by atoms with van der Waals surface area (Å²) >= 11 is 0. The van der Waals surface area contributed by atoms with Crippen molar-refractivity contribution in [3.05, 3.63) is 48.6 Å². The highest BCUT2D eigenvalue weighted by Crippen LogP contribution is 2.18. The Hall–Kier alpha value is -2.75. The van der Waals surface area contributed by atoms with Crippen LogP contribution in [-0.2, 0) is 33.3 Å². The number of carboxylic acids is 1. The average Bonchev–Trinajstić information content (AvgIpc) is 3.37. The molecule has 9 heteroatoms. The smallest absolute Gasteiger partial charge is 0.361 e. The Morgan fingerprint density at radius 3 is 1.15 bits per heavy atom. The molecule has 0 aromatic heterocycles. The van der Waals surface area contributed by atoms with Crippen LogP contribution in [0.15, 0.2) is 48.6 Å². The van der Waals surface area contributed by atoms with E-state index in [0.29, 0.717) is 17.4 Å². The summed E-state index contributed by atoms with van der Waals surface area (Å²) in [6, 6.07) is 0. The van der Waals surface area contributed by atoms with Crippen LogP contribution in [0, 0.1) is 0 Å². The molecule has 2 unspecified atom stereocenters. The zero-order valence-corrected chi connectivity index (χ0v) is 49.3. The molecule has 9 nitrogen and oxygen atoms in total. The van der Waals surface area contributed by atoms with Crippen molar-refractivity contribution >= 4 is 17.9 Å². The second-order valence-corrected chi connectivity index (χ2v) is 22.3. The summed E-state index contributed by atoms with van der Waals surface area (Å²) in [6.07, 6.45) is 67.8. The second-order valence-electron chi connectivity index (χ2n) is 22.3. The number of allylic oxidation sites excluding steroid dienone is 8. The summed E-state index contributed by atoms with van der Waals surface area (Å²) in [5.41, 5.74) is 0. The number of hydrogen-bond acceptors (Lipinski definition) is 7. The molecule has 0 aliphatic carbocycles. The highest BCUT2D eigenvalue weighted by atomic mass is 16.7. The van der Waals surface area contributed by atoms with Crippen LogP contribution in [0.2, 0.25) is 0 Å². The standard InChI is InChI=1S/C65H119NO8/c1-6-8-10-12-14-16-18-20-22-24-25-26-27-28-29-30-31-32-33-34-35-36-37-38-39-40-42-44-46-48-50-52-54-56-63(68)74-61(60-73-65(64(69)70)71-58-57-66(3,4)5)59-72-62(67)55-53-51-49-47-45-43-41-23-21-19-17-15-13-11-9-7-2/h8,10,14,16,20,22,25-26,61,65H,6-7,9,11-13,15,17-19,21,23-24,27-60H2,1-5H3/p+1/b10-8-,16-14-,22-20-,26-25-. The lowest BCUT2D eigenvalue weighted by Gasteiger charge is -2.25. The van der Waals surface area contributed by atoms with E-state index in [4.69, 9.17) is 18.9 Å². The van der Waals surface area contributed by atoms with Crippen LogP contribution in [0.4, 0.5) is 0 Å². The molecule has 0 saturated carbocycles. The van der Waals surface area contributed by atoms with Gasteiger partial charge in [-0.2, -0.15) is 0 Å². The third-order valence-electron chi connectivity index (χ3n) is 13.8. The van der Waals surface area contributed by atoms with Gasteiger partial charge in [-0.3, -0.25) is 9.59 Å². The summed E-state index contributed by atoms with van der Waals surface area (Å²) in [4.78, 5) is 37.4. The van der Waals surface area contributed by atoms with Crippen LogP contribution >= 0.6 is 0 Å². The third-order valence-corrected chi connectivity index (χ3v) is 13.8. The van der Waals surface area contributed by atoms with Gasteiger partial charge in [-0.25, -0.2) is 4.79 Å². The molecule has 0 aromatic rings. The number of carbonyl (C=O) groups is 3. The molecule has 0 saturated heterocycles. The minimum Gasteiger partial charge on any atom is -0.477 e. The Morgan fingerprint density at radius 2 is 0.770 bits per heavy atom. The predicted molar refractivity (Wildman–Crippen MR) is 314 cm³/mol. The van der Waals surface area contributed by atoms with Gasteiger partial charge in [-0.05, 0) is 51.4 Å². The Morgan fingerprint density at radius 1 is 0.419 bits per heavy atom. The number of carbonyl (C=O) groups excluding carboxylic acids is 2. The maximum absolute atomic E-state index is 12.9. The highest BCUT2D eigenvalue weighted by molar-refractivity contribution is 5.71. The number of aliphatic carboxylic acids is 1. The molecule has 74 heavy (non-hydrogen) atoms. The number of hydrogen-bond donors (Lipinski definition) is 1. The molecule has 0 fully saturated rings. The fourth-order valence-electron chi connectivity index (χ4n) is 9.07. The summed E-state index contributed by atoms with van der Waals surface area (Å²) in [7, 11) is 5.98. The lowest BCUT2D eigenvalue weighted by Crippen LogP contribution is -2.40. The van der Waals surface area contributed by atoms with Crippen LogP contribution in [-0.4, -0.2) is 87.4 Å². The van der Waals surface area contributed by atoms with Gasteiger partial charge in [0, 0.05) is 12.8 Å². The highest BCUT2D eigenvalue weighted by Gasteiger charge is 2.25. The first kappa shape index (κ1) is 71.2. The number of ether oxygens (including phenoxy) is 4. The van der Waals surface area contributed by atoms with Crippen LogP contribution in [0.1, 0.15) is 290 Å². The molecule has 0 amide bonds. The summed E-state index contributed by atoms with van der Waals surface area (Å²) in [6.45, 7) is 4.81. The molecule has 0 rings (SSSR count). The number of carboxylic acid groups (broad SMARTS) is 1. The summed E-state index contributed by atoms with van der Waals surface area (Å²) in [5.74, 6) is -1.98. The third kappa shape index (κ3) is 57.0. The number of likely N-dealkylation sites (N-methyl/N-ethyl adjacent to an activating group) is 1. The molecule has 0 aliphatic rings. The quantitative estimate of drug-likeness (QED) is 0.0211. The van der Waals surface area contributed by atoms with Gasteiger partial charge < -0.3 is 28.5 Å². The molecule has 0 spiro atoms. The van der Waals surface area contributed by atoms with Crippen LogP contribution in [0.25, 0.3) is 0 Å². The molecule has 0 heterocycles. The van der Waals surface area contributed by atoms with E-state index in [1.165, 1.54) is 199 Å². The van der Waals surface area contributed by atoms with E-state index in [9.17, 15) is 19.5 Å². The van der Waals surface area contributed by atoms with E-state index < -0.39 is 18.4 Å². The zero-order valence-electron chi connectivity index (χ0n) is 49.3. The molecule has 2 atom stereocenters. The fraction of sp³-hybridized carbons (Fsp3) is 0.831. The minimum absolute atomic E-state index is 0.176. The van der Waals surface area contributed by atoms with Crippen molar-refractivity contribution in [1.29, 1.82) is 0 Å². The Balaban J connectivity index is 4.06. The maximum atomic E-state index is 12.9. The normalized spacial score (nSPS) is 13.0. The molecule has 1 N–H and O–H groups in total. The van der Waals surface area contributed by atoms with Crippen molar-refractivity contribution in [2.75, 3.05) is 47.5 Å². The van der Waals surface area contributed by atoms with E-state index in [0.717, 1.165) is 64.2 Å². The maximum Gasteiger partial charge on any atom is 0.361 e. The SMILES string of the molecule is CC/C=C\C/C=C\C/C=C\C/C=C\CCCCCCCCCCCCCCCCCCCCCCC(=O)OC(COC(=O)CCCCCCCCCCCCCCCCCC)COC(OCC[N+](C)(C)C)C(=O)O. The van der Waals surface area contributed by atoms with Gasteiger partial charge in [0.05, 0.1) is 34.4 Å². The monoisotopic (exact) mass is 1040 g/mol. The summed E-state index contributed by atoms with van der Waals surface area (Å²) in [5, 5.41) is 9.71. The minimum atomic E-state index is -1.51. The van der Waals surface area contributed by atoms with Gasteiger partial charge in [0.15, 0.2) is 6.10 Å². The largest absolute Gasteiger partial charge is 0.477 e. The van der Waals surface area contributed by atoms with Gasteiger partial charge in [0.2, 0.25) is 0 Å². The van der Waals surface area contributed by atoms with Crippen LogP contribution in [0.5, 0.6) is 0 Å². The van der Waals surface area contributed by atoms with Crippen molar-refractivity contribution in [1.82, 2.24) is 0 Å². The van der Waals surface area contributed by atoms with Crippen LogP contribution in [0.3, 0.4) is 0 Å². The van der Waals surface area contributed by atoms with E-state index in [-0.39, 0.29) is 38.2 Å². The Labute approximate surface area is 457 Å². The second kappa shape index (κ2) is 56.5. The van der Waals surface area contributed by atoms with E-state index in [1.807, 2.05) is 21.1 Å². The van der Waals surface area contributed by atoms with Crippen molar-refractivity contribution in [2.24, 2.45) is 0 Å². The first-order valence-electron chi connectivity index (χ1n) is 31.3. The molecule has 0 aromatic carbocycles. The van der Waals surface area contributed by atoms with Crippen molar-refractivity contribution in [3.63, 3.8) is 0 Å². The van der Waals surface area contributed by atoms with E-state index in [1.54, 1.807) is 0 Å². The molecule has 0 aliphatic heterocycles. The Kier molecular flexibility index (Phi) is 54.4. The van der Waals surface area contributed by atoms with Gasteiger partial charge in [-0.1, -0.05) is 274 Å². The van der Waals surface area contributed by atoms with Crippen molar-refractivity contribution < 1.29 is 42.9 Å². The number of quaternary nitrogens is 1. The molecule has 432 valence electrons. The van der Waals surface area contributed by atoms with E-state index in [2.05, 4.69) is 62.5 Å². The zero-order chi connectivity index (χ0) is 54.1. The topological polar surface area (TPSA) is 108 Å². The molecule has 0 radical (unpaired) electrons. The molecular weight excluding hydrogens is 923 g/mol. The first-order valence-corrected chi connectivity index (χ1v) is 31.3. The van der Waals surface area contributed by atoms with Gasteiger partial charge in [0.25, 0.3) is 6.29 Å². The number of rotatable bonds is 58. The number of unbranched alkanes of at least 4 members (excludes halogenated alkanes) is 35. The van der Waals surface area contributed by atoms with Crippen LogP contribution < -0.4 is 0 Å². The number of esters is 2. The van der Waals surface area contributed by atoms with Crippen molar-refractivity contribution in [3.8, 4) is 0 Å². The fourth-order valence-corrected chi connectivity index (χ4v) is 9.07. The Bertz CT molecular complexity index is 1350.